The second-order valence-corrected chi connectivity index (χ2v) is 5.16. The van der Waals surface area contributed by atoms with Gasteiger partial charge in [-0.2, -0.15) is 0 Å². The molecule has 0 aromatic carbocycles. The van der Waals surface area contributed by atoms with E-state index in [1.807, 2.05) is 0 Å². The maximum Gasteiger partial charge on any atom is 0.0643 e. The first-order valence-electron chi connectivity index (χ1n) is 7.46. The minimum Gasteiger partial charge on any atom is -0.381 e. The normalized spacial score (nSPS) is 20.3. The van der Waals surface area contributed by atoms with Gasteiger partial charge in [-0.3, -0.25) is 0 Å². The molecule has 1 heterocycles. The molecule has 0 spiro atoms. The van der Waals surface area contributed by atoms with Gasteiger partial charge in [-0.25, -0.2) is 0 Å². The molecule has 106 valence electrons. The first-order valence-corrected chi connectivity index (χ1v) is 7.46. The van der Waals surface area contributed by atoms with Crippen molar-refractivity contribution in [3.05, 3.63) is 12.2 Å². The molecule has 1 rings (SSSR count). The fraction of sp³-hybridized carbons (Fsp3) is 0.867. The van der Waals surface area contributed by atoms with E-state index in [1.165, 1.54) is 51.9 Å². The van der Waals surface area contributed by atoms with Gasteiger partial charge in [0.15, 0.2) is 0 Å². The van der Waals surface area contributed by atoms with Crippen LogP contribution in [-0.4, -0.2) is 50.8 Å². The van der Waals surface area contributed by atoms with Gasteiger partial charge in [0.1, 0.15) is 0 Å². The van der Waals surface area contributed by atoms with Crippen LogP contribution < -0.4 is 5.32 Å². The third-order valence-electron chi connectivity index (χ3n) is 3.51. The molecule has 0 aliphatic carbocycles. The van der Waals surface area contributed by atoms with Crippen LogP contribution in [0.4, 0.5) is 0 Å². The molecule has 0 bridgehead atoms. The number of nitrogens with one attached hydrogen (secondary N) is 1. The highest BCUT2D eigenvalue weighted by molar-refractivity contribution is 4.84. The highest BCUT2D eigenvalue weighted by Gasteiger charge is 2.16. The first kappa shape index (κ1) is 15.7. The van der Waals surface area contributed by atoms with Gasteiger partial charge in [-0.1, -0.05) is 25.5 Å². The Labute approximate surface area is 113 Å². The standard InChI is InChI=1S/C15H30N2O/c1-3-4-11-17(12-6-5-7-13-18-2)14-15-9-8-10-16-15/h5,7,15-16H,3-4,6,8-14H2,1-2H3/b7-5-/t15-/m0/s1. The van der Waals surface area contributed by atoms with Gasteiger partial charge in [-0.15, -0.1) is 0 Å². The minimum atomic E-state index is 0.727. The van der Waals surface area contributed by atoms with Gasteiger partial charge in [0.05, 0.1) is 6.61 Å². The highest BCUT2D eigenvalue weighted by Crippen LogP contribution is 2.08. The van der Waals surface area contributed by atoms with Gasteiger partial charge in [0, 0.05) is 26.2 Å². The summed E-state index contributed by atoms with van der Waals surface area (Å²) in [6, 6.07) is 0.727. The first-order chi connectivity index (χ1) is 8.86. The number of unbranched alkanes of at least 4 members (excludes halogenated alkanes) is 1. The van der Waals surface area contributed by atoms with Gasteiger partial charge >= 0.3 is 0 Å². The predicted octanol–water partition coefficient (Wildman–Crippen LogP) is 2.43. The summed E-state index contributed by atoms with van der Waals surface area (Å²) in [4.78, 5) is 2.61. The van der Waals surface area contributed by atoms with Gasteiger partial charge in [-0.05, 0) is 38.8 Å². The Morgan fingerprint density at radius 3 is 2.89 bits per heavy atom. The quantitative estimate of drug-likeness (QED) is 0.606. The number of nitrogens with zero attached hydrogens (tertiary/aromatic N) is 1. The molecule has 1 aliphatic heterocycles. The van der Waals surface area contributed by atoms with Crippen LogP contribution in [0.25, 0.3) is 0 Å². The average molecular weight is 254 g/mol. The maximum atomic E-state index is 5.01. The van der Waals surface area contributed by atoms with Crippen molar-refractivity contribution in [2.75, 3.05) is 39.9 Å². The summed E-state index contributed by atoms with van der Waals surface area (Å²) < 4.78 is 5.01. The number of rotatable bonds is 10. The van der Waals surface area contributed by atoms with Crippen molar-refractivity contribution in [3.63, 3.8) is 0 Å². The largest absolute Gasteiger partial charge is 0.381 e. The Morgan fingerprint density at radius 1 is 1.33 bits per heavy atom. The molecule has 0 unspecified atom stereocenters. The van der Waals surface area contributed by atoms with Gasteiger partial charge in [0.25, 0.3) is 0 Å². The topological polar surface area (TPSA) is 24.5 Å². The molecule has 0 aromatic heterocycles. The molecule has 1 atom stereocenters. The lowest BCUT2D eigenvalue weighted by Gasteiger charge is -2.25. The second kappa shape index (κ2) is 10.5. The van der Waals surface area contributed by atoms with Crippen LogP contribution in [-0.2, 0) is 4.74 Å². The van der Waals surface area contributed by atoms with Crippen LogP contribution in [0.3, 0.4) is 0 Å². The number of ether oxygens (including phenoxy) is 1. The summed E-state index contributed by atoms with van der Waals surface area (Å²) in [5, 5.41) is 3.59. The van der Waals surface area contributed by atoms with Crippen molar-refractivity contribution < 1.29 is 4.74 Å². The zero-order valence-electron chi connectivity index (χ0n) is 12.2. The molecule has 1 aliphatic rings. The SMILES string of the molecule is CCCCN(CC/C=C\COC)C[C@@H]1CCCN1. The molecule has 0 saturated carbocycles. The third-order valence-corrected chi connectivity index (χ3v) is 3.51. The van der Waals surface area contributed by atoms with E-state index in [9.17, 15) is 0 Å². The summed E-state index contributed by atoms with van der Waals surface area (Å²) in [6.45, 7) is 7.85. The van der Waals surface area contributed by atoms with Crippen molar-refractivity contribution in [3.8, 4) is 0 Å². The van der Waals surface area contributed by atoms with E-state index in [2.05, 4.69) is 29.3 Å². The van der Waals surface area contributed by atoms with E-state index in [4.69, 9.17) is 4.74 Å². The van der Waals surface area contributed by atoms with Crippen molar-refractivity contribution in [1.29, 1.82) is 0 Å². The van der Waals surface area contributed by atoms with E-state index in [0.717, 1.165) is 19.1 Å². The molecule has 1 saturated heterocycles. The van der Waals surface area contributed by atoms with E-state index in [0.29, 0.717) is 0 Å². The maximum absolute atomic E-state index is 5.01. The summed E-state index contributed by atoms with van der Waals surface area (Å²) in [5.41, 5.74) is 0. The Kier molecular flexibility index (Phi) is 9.17. The number of methoxy groups -OCH3 is 1. The van der Waals surface area contributed by atoms with Crippen LogP contribution in [0.1, 0.15) is 39.0 Å². The lowest BCUT2D eigenvalue weighted by Crippen LogP contribution is -2.38. The lowest BCUT2D eigenvalue weighted by atomic mass is 10.2. The monoisotopic (exact) mass is 254 g/mol. The number of hydrogen-bond acceptors (Lipinski definition) is 3. The minimum absolute atomic E-state index is 0.727. The summed E-state index contributed by atoms with van der Waals surface area (Å²) >= 11 is 0. The fourth-order valence-electron chi connectivity index (χ4n) is 2.44. The van der Waals surface area contributed by atoms with E-state index < -0.39 is 0 Å². The lowest BCUT2D eigenvalue weighted by molar-refractivity contribution is 0.232. The van der Waals surface area contributed by atoms with E-state index in [-0.39, 0.29) is 0 Å². The van der Waals surface area contributed by atoms with E-state index in [1.54, 1.807) is 7.11 Å². The zero-order valence-corrected chi connectivity index (χ0v) is 12.2. The predicted molar refractivity (Wildman–Crippen MR) is 78.0 cm³/mol. The summed E-state index contributed by atoms with van der Waals surface area (Å²) in [6.07, 6.45) is 10.8. The van der Waals surface area contributed by atoms with Crippen LogP contribution >= 0.6 is 0 Å². The molecule has 18 heavy (non-hydrogen) atoms. The molecule has 0 radical (unpaired) electrons. The molecular weight excluding hydrogens is 224 g/mol. The van der Waals surface area contributed by atoms with E-state index >= 15 is 0 Å². The molecule has 0 aromatic rings. The fourth-order valence-corrected chi connectivity index (χ4v) is 2.44. The molecule has 1 fully saturated rings. The smallest absolute Gasteiger partial charge is 0.0643 e. The summed E-state index contributed by atoms with van der Waals surface area (Å²) in [7, 11) is 1.74. The van der Waals surface area contributed by atoms with Gasteiger partial charge < -0.3 is 15.0 Å². The van der Waals surface area contributed by atoms with Crippen molar-refractivity contribution in [1.82, 2.24) is 10.2 Å². The Balaban J connectivity index is 2.20. The van der Waals surface area contributed by atoms with Crippen LogP contribution in [0, 0.1) is 0 Å². The molecule has 0 amide bonds. The zero-order chi connectivity index (χ0) is 13.1. The molecule has 1 N–H and O–H groups in total. The molecule has 3 heteroatoms. The Hall–Kier alpha value is -0.380. The van der Waals surface area contributed by atoms with Crippen LogP contribution in [0.2, 0.25) is 0 Å². The van der Waals surface area contributed by atoms with Crippen molar-refractivity contribution >= 4 is 0 Å². The summed E-state index contributed by atoms with van der Waals surface area (Å²) in [5.74, 6) is 0. The molecular formula is C15H30N2O. The van der Waals surface area contributed by atoms with Crippen LogP contribution in [0.15, 0.2) is 12.2 Å². The average Bonchev–Trinajstić information content (AvgIpc) is 2.88. The number of hydrogen-bond donors (Lipinski definition) is 1. The molecule has 3 nitrogen and oxygen atoms in total. The van der Waals surface area contributed by atoms with Gasteiger partial charge in [0.2, 0.25) is 0 Å². The third kappa shape index (κ3) is 7.14. The Bertz CT molecular complexity index is 213. The van der Waals surface area contributed by atoms with Crippen molar-refractivity contribution in [2.24, 2.45) is 0 Å². The van der Waals surface area contributed by atoms with Crippen LogP contribution in [0.5, 0.6) is 0 Å². The second-order valence-electron chi connectivity index (χ2n) is 5.16. The van der Waals surface area contributed by atoms with Crippen molar-refractivity contribution in [2.45, 2.75) is 45.1 Å². The Morgan fingerprint density at radius 2 is 2.22 bits per heavy atom. The highest BCUT2D eigenvalue weighted by atomic mass is 16.5.